The highest BCUT2D eigenvalue weighted by molar-refractivity contribution is 9.10. The molecule has 1 heterocycles. The van der Waals surface area contributed by atoms with Gasteiger partial charge in [-0.2, -0.15) is 5.10 Å². The average Bonchev–Trinajstić information content (AvgIpc) is 2.92. The molecule has 0 spiro atoms. The van der Waals surface area contributed by atoms with Crippen LogP contribution >= 0.6 is 62.3 Å². The molecule has 0 saturated heterocycles. The Bertz CT molecular complexity index is 990. The summed E-state index contributed by atoms with van der Waals surface area (Å²) < 4.78 is 2.29. The van der Waals surface area contributed by atoms with E-state index in [9.17, 15) is 4.79 Å². The first kappa shape index (κ1) is 19.5. The predicted octanol–water partition coefficient (Wildman–Crippen LogP) is 6.56. The fourth-order valence-electron chi connectivity index (χ4n) is 2.24. The topological polar surface area (TPSA) is 46.9 Å². The minimum atomic E-state index is -0.405. The maximum Gasteiger partial charge on any atom is 0.258 e. The zero-order valence-electron chi connectivity index (χ0n) is 12.9. The van der Waals surface area contributed by atoms with Crippen molar-refractivity contribution in [1.82, 2.24) is 9.78 Å². The number of rotatable bonds is 4. The van der Waals surface area contributed by atoms with Gasteiger partial charge in [0.25, 0.3) is 5.91 Å². The van der Waals surface area contributed by atoms with Gasteiger partial charge < -0.3 is 5.32 Å². The van der Waals surface area contributed by atoms with E-state index >= 15 is 0 Å². The number of hydrogen-bond acceptors (Lipinski definition) is 2. The van der Waals surface area contributed by atoms with Crippen molar-refractivity contribution in [2.75, 3.05) is 5.32 Å². The van der Waals surface area contributed by atoms with Crippen LogP contribution in [-0.2, 0) is 6.54 Å². The van der Waals surface area contributed by atoms with E-state index in [0.717, 1.165) is 5.56 Å². The zero-order valence-corrected chi connectivity index (χ0v) is 17.6. The number of anilines is 1. The molecule has 0 bridgehead atoms. The summed E-state index contributed by atoms with van der Waals surface area (Å²) in [6, 6.07) is 10.2. The second-order valence-corrected chi connectivity index (χ2v) is 7.78. The highest BCUT2D eigenvalue weighted by atomic mass is 79.9. The van der Waals surface area contributed by atoms with Crippen molar-refractivity contribution in [2.24, 2.45) is 0 Å². The van der Waals surface area contributed by atoms with Crippen molar-refractivity contribution in [3.05, 3.63) is 78.3 Å². The van der Waals surface area contributed by atoms with E-state index in [4.69, 9.17) is 46.4 Å². The molecule has 0 aliphatic carbocycles. The number of amides is 1. The summed E-state index contributed by atoms with van der Waals surface area (Å²) in [5.41, 5.74) is 1.19. The first-order chi connectivity index (χ1) is 12.3. The van der Waals surface area contributed by atoms with Crippen LogP contribution in [0.3, 0.4) is 0 Å². The van der Waals surface area contributed by atoms with Crippen LogP contribution in [0, 0.1) is 0 Å². The number of nitrogens with one attached hydrogen (secondary N) is 1. The lowest BCUT2D eigenvalue weighted by molar-refractivity contribution is 0.102. The lowest BCUT2D eigenvalue weighted by atomic mass is 10.2. The lowest BCUT2D eigenvalue weighted by Gasteiger charge is -2.06. The number of aromatic nitrogens is 2. The van der Waals surface area contributed by atoms with E-state index in [1.165, 1.54) is 0 Å². The highest BCUT2D eigenvalue weighted by Gasteiger charge is 2.16. The molecule has 134 valence electrons. The van der Waals surface area contributed by atoms with Gasteiger partial charge in [-0.05, 0) is 45.8 Å². The first-order valence-electron chi connectivity index (χ1n) is 7.27. The maximum atomic E-state index is 12.4. The van der Waals surface area contributed by atoms with Gasteiger partial charge in [-0.15, -0.1) is 0 Å². The Balaban J connectivity index is 1.78. The molecule has 3 aromatic rings. The summed E-state index contributed by atoms with van der Waals surface area (Å²) in [5.74, 6) is -0.0379. The molecule has 0 fully saturated rings. The van der Waals surface area contributed by atoms with Gasteiger partial charge in [0.05, 0.1) is 36.7 Å². The predicted molar refractivity (Wildman–Crippen MR) is 110 cm³/mol. The molecular weight excluding hydrogens is 484 g/mol. The van der Waals surface area contributed by atoms with Crippen molar-refractivity contribution >= 4 is 74.1 Å². The summed E-state index contributed by atoms with van der Waals surface area (Å²) in [7, 11) is 0. The standard InChI is InChI=1S/C17H10BrCl4N3O/c18-11-8-25(7-9-4-5-12(19)14(21)6-9)24-16(11)23-17(26)10-2-1-3-13(20)15(10)22/h1-6,8H,7H2,(H,23,24,26). The molecule has 3 rings (SSSR count). The minimum absolute atomic E-state index is 0.193. The van der Waals surface area contributed by atoms with Gasteiger partial charge in [0.2, 0.25) is 0 Å². The van der Waals surface area contributed by atoms with Crippen LogP contribution in [-0.4, -0.2) is 15.7 Å². The third-order valence-electron chi connectivity index (χ3n) is 3.47. The average molecular weight is 494 g/mol. The Labute approximate surface area is 178 Å². The third kappa shape index (κ3) is 4.35. The van der Waals surface area contributed by atoms with Crippen molar-refractivity contribution in [3.8, 4) is 0 Å². The number of benzene rings is 2. The molecule has 26 heavy (non-hydrogen) atoms. The molecular formula is C17H10BrCl4N3O. The zero-order chi connectivity index (χ0) is 18.8. The van der Waals surface area contributed by atoms with E-state index in [2.05, 4.69) is 26.3 Å². The van der Waals surface area contributed by atoms with E-state index in [-0.39, 0.29) is 10.6 Å². The van der Waals surface area contributed by atoms with E-state index in [1.54, 1.807) is 41.2 Å². The molecule has 0 unspecified atom stereocenters. The van der Waals surface area contributed by atoms with Crippen LogP contribution in [0.4, 0.5) is 5.82 Å². The Morgan fingerprint density at radius 1 is 1.08 bits per heavy atom. The van der Waals surface area contributed by atoms with E-state index < -0.39 is 5.91 Å². The SMILES string of the molecule is O=C(Nc1nn(Cc2ccc(Cl)c(Cl)c2)cc1Br)c1cccc(Cl)c1Cl. The molecule has 0 atom stereocenters. The van der Waals surface area contributed by atoms with Crippen molar-refractivity contribution in [3.63, 3.8) is 0 Å². The van der Waals surface area contributed by atoms with Crippen molar-refractivity contribution < 1.29 is 4.79 Å². The number of hydrogen-bond donors (Lipinski definition) is 1. The van der Waals surface area contributed by atoms with Crippen molar-refractivity contribution in [1.29, 1.82) is 0 Å². The van der Waals surface area contributed by atoms with Gasteiger partial charge in [0.1, 0.15) is 0 Å². The second-order valence-electron chi connectivity index (χ2n) is 5.33. The molecule has 1 amide bonds. The molecule has 1 N–H and O–H groups in total. The fourth-order valence-corrected chi connectivity index (χ4v) is 3.36. The van der Waals surface area contributed by atoms with Crippen LogP contribution in [0.25, 0.3) is 0 Å². The number of carbonyl (C=O) groups excluding carboxylic acids is 1. The van der Waals surface area contributed by atoms with Crippen molar-refractivity contribution in [2.45, 2.75) is 6.54 Å². The number of nitrogens with zero attached hydrogens (tertiary/aromatic N) is 2. The molecule has 0 aliphatic rings. The van der Waals surface area contributed by atoms with Crippen LogP contribution in [0.1, 0.15) is 15.9 Å². The summed E-state index contributed by atoms with van der Waals surface area (Å²) >= 11 is 27.4. The normalized spacial score (nSPS) is 10.8. The van der Waals surface area contributed by atoms with Gasteiger partial charge in [0.15, 0.2) is 5.82 Å². The summed E-state index contributed by atoms with van der Waals surface area (Å²) in [6.07, 6.45) is 1.75. The Hall–Kier alpha value is -1.24. The van der Waals surface area contributed by atoms with Gasteiger partial charge in [0, 0.05) is 6.20 Å². The number of carbonyl (C=O) groups is 1. The second kappa shape index (κ2) is 8.19. The molecule has 4 nitrogen and oxygen atoms in total. The molecule has 0 aliphatic heterocycles. The summed E-state index contributed by atoms with van der Waals surface area (Å²) in [4.78, 5) is 12.4. The summed E-state index contributed by atoms with van der Waals surface area (Å²) in [6.45, 7) is 0.462. The molecule has 1 aromatic heterocycles. The van der Waals surface area contributed by atoms with Gasteiger partial charge in [-0.25, -0.2) is 0 Å². The summed E-state index contributed by atoms with van der Waals surface area (Å²) in [5, 5.41) is 8.54. The van der Waals surface area contributed by atoms with Gasteiger partial charge >= 0.3 is 0 Å². The molecule has 0 radical (unpaired) electrons. The molecule has 9 heteroatoms. The van der Waals surface area contributed by atoms with E-state index in [0.29, 0.717) is 31.9 Å². The minimum Gasteiger partial charge on any atom is -0.304 e. The lowest BCUT2D eigenvalue weighted by Crippen LogP contribution is -2.13. The largest absolute Gasteiger partial charge is 0.304 e. The van der Waals surface area contributed by atoms with Gasteiger partial charge in [-0.1, -0.05) is 58.5 Å². The van der Waals surface area contributed by atoms with Gasteiger partial charge in [-0.3, -0.25) is 9.48 Å². The first-order valence-corrected chi connectivity index (χ1v) is 9.58. The number of halogens is 5. The maximum absolute atomic E-state index is 12.4. The van der Waals surface area contributed by atoms with Crippen LogP contribution in [0.5, 0.6) is 0 Å². The Morgan fingerprint density at radius 3 is 2.58 bits per heavy atom. The Kier molecular flexibility index (Phi) is 6.15. The molecule has 0 saturated carbocycles. The highest BCUT2D eigenvalue weighted by Crippen LogP contribution is 2.28. The molecule has 2 aromatic carbocycles. The van der Waals surface area contributed by atoms with E-state index in [1.807, 2.05) is 6.07 Å². The van der Waals surface area contributed by atoms with Crippen LogP contribution in [0.15, 0.2) is 47.1 Å². The Morgan fingerprint density at radius 2 is 1.85 bits per heavy atom. The van der Waals surface area contributed by atoms with Crippen LogP contribution in [0.2, 0.25) is 20.1 Å². The monoisotopic (exact) mass is 491 g/mol. The fraction of sp³-hybridized carbons (Fsp3) is 0.0588. The quantitative estimate of drug-likeness (QED) is 0.447. The smallest absolute Gasteiger partial charge is 0.258 e. The third-order valence-corrected chi connectivity index (χ3v) is 5.61. The van der Waals surface area contributed by atoms with Crippen LogP contribution < -0.4 is 5.32 Å².